The number of carboxylic acids is 1. The quantitative estimate of drug-likeness (QED) is 0.428. The van der Waals surface area contributed by atoms with Crippen molar-refractivity contribution in [3.63, 3.8) is 0 Å². The summed E-state index contributed by atoms with van der Waals surface area (Å²) in [6.45, 7) is 0. The number of nitrogens with two attached hydrogens (primary N) is 1. The molecule has 1 aromatic carbocycles. The van der Waals surface area contributed by atoms with Crippen LogP contribution in [0.3, 0.4) is 0 Å². The van der Waals surface area contributed by atoms with E-state index in [4.69, 9.17) is 20.3 Å². The maximum Gasteiger partial charge on any atom is 0.335 e. The van der Waals surface area contributed by atoms with Crippen LogP contribution in [0.25, 0.3) is 0 Å². The van der Waals surface area contributed by atoms with Gasteiger partial charge in [0.15, 0.2) is 6.10 Å². The van der Waals surface area contributed by atoms with Crippen LogP contribution in [0.5, 0.6) is 5.75 Å². The molecule has 10 heteroatoms. The largest absolute Gasteiger partial charge is 0.479 e. The van der Waals surface area contributed by atoms with Crippen LogP contribution in [0.1, 0.15) is 10.4 Å². The van der Waals surface area contributed by atoms with E-state index in [2.05, 4.69) is 15.9 Å². The number of ether oxygens (including phenoxy) is 2. The second-order valence-corrected chi connectivity index (χ2v) is 5.77. The average molecular weight is 392 g/mol. The molecule has 0 aromatic heterocycles. The molecule has 1 amide bonds. The highest BCUT2D eigenvalue weighted by molar-refractivity contribution is 9.10. The van der Waals surface area contributed by atoms with Crippen molar-refractivity contribution in [1.29, 1.82) is 0 Å². The third-order valence-electron chi connectivity index (χ3n) is 3.26. The van der Waals surface area contributed by atoms with Gasteiger partial charge in [0.1, 0.15) is 24.1 Å². The standard InChI is InChI=1S/C13H14BrNO8/c14-4-1-2-6(5(3-4)11(15)19)22-13-9(18)7(16)8(17)10(23-13)12(20)21/h1-3,7-10,13,16-18H,(H2,15,19)(H,20,21)/t7-,8-,9+,10-,13+/m0/s1. The number of amides is 1. The fourth-order valence-electron chi connectivity index (χ4n) is 2.07. The van der Waals surface area contributed by atoms with Crippen molar-refractivity contribution in [2.45, 2.75) is 30.7 Å². The van der Waals surface area contributed by atoms with Gasteiger partial charge in [0.25, 0.3) is 5.91 Å². The molecule has 23 heavy (non-hydrogen) atoms. The Morgan fingerprint density at radius 3 is 2.39 bits per heavy atom. The van der Waals surface area contributed by atoms with E-state index >= 15 is 0 Å². The number of rotatable bonds is 4. The van der Waals surface area contributed by atoms with Crippen LogP contribution < -0.4 is 10.5 Å². The summed E-state index contributed by atoms with van der Waals surface area (Å²) in [5, 5.41) is 38.1. The van der Waals surface area contributed by atoms with Gasteiger partial charge >= 0.3 is 5.97 Å². The van der Waals surface area contributed by atoms with Gasteiger partial charge in [-0.05, 0) is 18.2 Å². The minimum Gasteiger partial charge on any atom is -0.479 e. The topological polar surface area (TPSA) is 160 Å². The van der Waals surface area contributed by atoms with Crippen LogP contribution in [0.4, 0.5) is 0 Å². The van der Waals surface area contributed by atoms with Crippen molar-refractivity contribution in [2.24, 2.45) is 5.73 Å². The smallest absolute Gasteiger partial charge is 0.335 e. The predicted octanol–water partition coefficient (Wildman–Crippen LogP) is -1.18. The molecule has 1 aromatic rings. The van der Waals surface area contributed by atoms with Gasteiger partial charge in [0.05, 0.1) is 5.56 Å². The minimum atomic E-state index is -1.83. The molecule has 1 saturated heterocycles. The summed E-state index contributed by atoms with van der Waals surface area (Å²) in [5.41, 5.74) is 5.18. The molecule has 1 heterocycles. The second kappa shape index (κ2) is 6.81. The first-order valence-electron chi connectivity index (χ1n) is 6.41. The van der Waals surface area contributed by atoms with Gasteiger partial charge < -0.3 is 35.6 Å². The molecule has 1 fully saturated rings. The van der Waals surface area contributed by atoms with Crippen molar-refractivity contribution < 1.29 is 39.5 Å². The average Bonchev–Trinajstić information content (AvgIpc) is 2.48. The molecule has 0 radical (unpaired) electrons. The summed E-state index contributed by atoms with van der Waals surface area (Å²) in [4.78, 5) is 22.4. The van der Waals surface area contributed by atoms with Gasteiger partial charge in [-0.25, -0.2) is 4.79 Å². The van der Waals surface area contributed by atoms with Crippen molar-refractivity contribution >= 4 is 27.8 Å². The first kappa shape index (κ1) is 17.6. The Labute approximate surface area is 138 Å². The lowest BCUT2D eigenvalue weighted by Gasteiger charge is -2.38. The highest BCUT2D eigenvalue weighted by atomic mass is 79.9. The van der Waals surface area contributed by atoms with E-state index in [9.17, 15) is 24.9 Å². The summed E-state index contributed by atoms with van der Waals surface area (Å²) in [6, 6.07) is 4.25. The zero-order valence-corrected chi connectivity index (χ0v) is 13.1. The zero-order valence-electron chi connectivity index (χ0n) is 11.5. The van der Waals surface area contributed by atoms with Crippen LogP contribution in [0.2, 0.25) is 0 Å². The molecule has 0 spiro atoms. The molecule has 0 unspecified atom stereocenters. The highest BCUT2D eigenvalue weighted by Crippen LogP contribution is 2.28. The number of benzene rings is 1. The van der Waals surface area contributed by atoms with E-state index < -0.39 is 42.6 Å². The number of hydrogen-bond acceptors (Lipinski definition) is 7. The molecule has 2 rings (SSSR count). The maximum atomic E-state index is 11.4. The lowest BCUT2D eigenvalue weighted by molar-refractivity contribution is -0.271. The SMILES string of the molecule is NC(=O)c1cc(Br)ccc1O[C@@H]1O[C@H](C(=O)O)[C@@H](O)[C@H](O)[C@H]1O. The Bertz CT molecular complexity index is 624. The Morgan fingerprint density at radius 1 is 1.17 bits per heavy atom. The van der Waals surface area contributed by atoms with Crippen molar-refractivity contribution in [3.8, 4) is 5.75 Å². The monoisotopic (exact) mass is 391 g/mol. The summed E-state index contributed by atoms with van der Waals surface area (Å²) in [7, 11) is 0. The highest BCUT2D eigenvalue weighted by Gasteiger charge is 2.48. The molecular weight excluding hydrogens is 378 g/mol. The normalized spacial score (nSPS) is 30.7. The fourth-order valence-corrected chi connectivity index (χ4v) is 2.43. The van der Waals surface area contributed by atoms with Crippen molar-refractivity contribution in [1.82, 2.24) is 0 Å². The van der Waals surface area contributed by atoms with Crippen LogP contribution in [-0.4, -0.2) is 63.0 Å². The summed E-state index contributed by atoms with van der Waals surface area (Å²) < 4.78 is 10.8. The zero-order chi connectivity index (χ0) is 17.3. The summed E-state index contributed by atoms with van der Waals surface area (Å²) in [6.07, 6.45) is -8.78. The molecule has 0 saturated carbocycles. The van der Waals surface area contributed by atoms with Crippen LogP contribution in [0.15, 0.2) is 22.7 Å². The molecule has 1 aliphatic rings. The van der Waals surface area contributed by atoms with Crippen molar-refractivity contribution in [3.05, 3.63) is 28.2 Å². The third kappa shape index (κ3) is 3.62. The van der Waals surface area contributed by atoms with Gasteiger partial charge in [0, 0.05) is 4.47 Å². The fraction of sp³-hybridized carbons (Fsp3) is 0.385. The number of aliphatic hydroxyl groups excluding tert-OH is 3. The number of carboxylic acid groups (broad SMARTS) is 1. The van der Waals surface area contributed by atoms with Crippen LogP contribution in [-0.2, 0) is 9.53 Å². The summed E-state index contributed by atoms with van der Waals surface area (Å²) in [5.74, 6) is -2.43. The lowest BCUT2D eigenvalue weighted by atomic mass is 9.99. The number of aliphatic hydroxyl groups is 3. The van der Waals surface area contributed by atoms with Crippen molar-refractivity contribution in [2.75, 3.05) is 0 Å². The molecule has 0 aliphatic carbocycles. The Kier molecular flexibility index (Phi) is 5.22. The lowest BCUT2D eigenvalue weighted by Crippen LogP contribution is -2.61. The Hall–Kier alpha value is -1.72. The van der Waals surface area contributed by atoms with E-state index in [1.165, 1.54) is 18.2 Å². The van der Waals surface area contributed by atoms with Gasteiger partial charge in [-0.1, -0.05) is 15.9 Å². The molecule has 6 N–H and O–H groups in total. The third-order valence-corrected chi connectivity index (χ3v) is 3.76. The Morgan fingerprint density at radius 2 is 1.83 bits per heavy atom. The number of hydrogen-bond donors (Lipinski definition) is 5. The summed E-state index contributed by atoms with van der Waals surface area (Å²) >= 11 is 3.15. The number of aliphatic carboxylic acids is 1. The first-order chi connectivity index (χ1) is 10.7. The second-order valence-electron chi connectivity index (χ2n) is 4.86. The number of carbonyl (C=O) groups is 2. The minimum absolute atomic E-state index is 0.0392. The molecule has 126 valence electrons. The number of halogens is 1. The maximum absolute atomic E-state index is 11.4. The molecular formula is C13H14BrNO8. The van der Waals surface area contributed by atoms with E-state index in [0.29, 0.717) is 4.47 Å². The van der Waals surface area contributed by atoms with Gasteiger partial charge in [0.2, 0.25) is 6.29 Å². The molecule has 0 bridgehead atoms. The molecule has 9 nitrogen and oxygen atoms in total. The number of carbonyl (C=O) groups excluding carboxylic acids is 1. The van der Waals surface area contributed by atoms with E-state index in [-0.39, 0.29) is 11.3 Å². The van der Waals surface area contributed by atoms with Gasteiger partial charge in [-0.3, -0.25) is 4.79 Å². The molecule has 1 aliphatic heterocycles. The predicted molar refractivity (Wildman–Crippen MR) is 77.6 cm³/mol. The Balaban J connectivity index is 2.28. The number of primary amides is 1. The van der Waals surface area contributed by atoms with E-state index in [1.807, 2.05) is 0 Å². The van der Waals surface area contributed by atoms with Gasteiger partial charge in [-0.2, -0.15) is 0 Å². The molecule has 5 atom stereocenters. The first-order valence-corrected chi connectivity index (χ1v) is 7.20. The van der Waals surface area contributed by atoms with E-state index in [0.717, 1.165) is 0 Å². The van der Waals surface area contributed by atoms with Crippen LogP contribution >= 0.6 is 15.9 Å². The van der Waals surface area contributed by atoms with Gasteiger partial charge in [-0.15, -0.1) is 0 Å². The van der Waals surface area contributed by atoms with E-state index in [1.54, 1.807) is 0 Å². The van der Waals surface area contributed by atoms with Crippen LogP contribution in [0, 0.1) is 0 Å².